The Balaban J connectivity index is 2.55. The number of hydrogen-bond donors (Lipinski definition) is 0. The molecule has 1 rings (SSSR count). The summed E-state index contributed by atoms with van der Waals surface area (Å²) in [5.41, 5.74) is 0. The Morgan fingerprint density at radius 1 is 1.12 bits per heavy atom. The van der Waals surface area contributed by atoms with Crippen molar-refractivity contribution in [3.63, 3.8) is 0 Å². The van der Waals surface area contributed by atoms with Gasteiger partial charge < -0.3 is 9.05 Å². The maximum absolute atomic E-state index is 5.72. The van der Waals surface area contributed by atoms with E-state index in [4.69, 9.17) is 20.9 Å². The zero-order chi connectivity index (χ0) is 12.0. The Labute approximate surface area is 105 Å². The molecular weight excluding hydrogens is 239 g/mol. The first kappa shape index (κ1) is 14.6. The molecule has 0 aromatic heterocycles. The van der Waals surface area contributed by atoms with E-state index in [2.05, 4.69) is 6.92 Å². The Hall–Kier alpha value is 0.570. The second kappa shape index (κ2) is 7.10. The molecule has 0 N–H and O–H groups in total. The second-order valence-corrected chi connectivity index (χ2v) is 8.42. The van der Waals surface area contributed by atoms with Crippen LogP contribution in [0.4, 0.5) is 0 Å². The van der Waals surface area contributed by atoms with E-state index >= 15 is 0 Å². The van der Waals surface area contributed by atoms with Gasteiger partial charge in [0.05, 0.1) is 13.2 Å². The van der Waals surface area contributed by atoms with Crippen LogP contribution in [0.25, 0.3) is 0 Å². The molecular formula is C12H25O2PS. The summed E-state index contributed by atoms with van der Waals surface area (Å²) in [6.07, 6.45) is 6.36. The molecule has 0 heterocycles. The quantitative estimate of drug-likeness (QED) is 0.670. The zero-order valence-electron chi connectivity index (χ0n) is 10.8. The van der Waals surface area contributed by atoms with Crippen LogP contribution in [-0.2, 0) is 20.9 Å². The highest BCUT2D eigenvalue weighted by atomic mass is 32.5. The molecule has 96 valence electrons. The van der Waals surface area contributed by atoms with Gasteiger partial charge in [-0.25, -0.2) is 0 Å². The van der Waals surface area contributed by atoms with E-state index in [-0.39, 0.29) is 0 Å². The predicted molar refractivity (Wildman–Crippen MR) is 73.5 cm³/mol. The van der Waals surface area contributed by atoms with Crippen LogP contribution in [0, 0.1) is 11.8 Å². The summed E-state index contributed by atoms with van der Waals surface area (Å²) in [5, 5.41) is 0. The average molecular weight is 264 g/mol. The summed E-state index contributed by atoms with van der Waals surface area (Å²) in [7, 11) is 0. The van der Waals surface area contributed by atoms with Crippen LogP contribution < -0.4 is 0 Å². The largest absolute Gasteiger partial charge is 0.330 e. The molecule has 0 aliphatic heterocycles. The van der Waals surface area contributed by atoms with E-state index in [1.807, 2.05) is 13.8 Å². The molecule has 0 aromatic rings. The molecule has 0 radical (unpaired) electrons. The number of hydrogen-bond acceptors (Lipinski definition) is 3. The highest BCUT2D eigenvalue weighted by Crippen LogP contribution is 2.52. The van der Waals surface area contributed by atoms with Gasteiger partial charge in [0, 0.05) is 6.16 Å². The summed E-state index contributed by atoms with van der Waals surface area (Å²) in [6.45, 7) is 5.72. The van der Waals surface area contributed by atoms with Crippen molar-refractivity contribution in [3.05, 3.63) is 0 Å². The first-order valence-electron chi connectivity index (χ1n) is 6.49. The van der Waals surface area contributed by atoms with Gasteiger partial charge >= 0.3 is 0 Å². The molecule has 4 heteroatoms. The summed E-state index contributed by atoms with van der Waals surface area (Å²) in [4.78, 5) is 0. The summed E-state index contributed by atoms with van der Waals surface area (Å²) in [6, 6.07) is 0. The van der Waals surface area contributed by atoms with Gasteiger partial charge in [-0.1, -0.05) is 26.2 Å². The van der Waals surface area contributed by atoms with E-state index in [1.165, 1.54) is 25.7 Å². The smallest absolute Gasteiger partial charge is 0.188 e. The third kappa shape index (κ3) is 4.44. The van der Waals surface area contributed by atoms with Gasteiger partial charge in [-0.05, 0) is 43.9 Å². The zero-order valence-corrected chi connectivity index (χ0v) is 12.5. The molecule has 1 fully saturated rings. The van der Waals surface area contributed by atoms with Crippen LogP contribution in [0.1, 0.15) is 46.5 Å². The minimum Gasteiger partial charge on any atom is -0.330 e. The van der Waals surface area contributed by atoms with Gasteiger partial charge in [0.2, 0.25) is 0 Å². The summed E-state index contributed by atoms with van der Waals surface area (Å²) < 4.78 is 11.4. The van der Waals surface area contributed by atoms with Crippen molar-refractivity contribution in [1.82, 2.24) is 0 Å². The summed E-state index contributed by atoms with van der Waals surface area (Å²) in [5.74, 6) is 1.51. The Bertz CT molecular complexity index is 235. The van der Waals surface area contributed by atoms with Crippen LogP contribution in [-0.4, -0.2) is 19.4 Å². The van der Waals surface area contributed by atoms with Gasteiger partial charge in [0.15, 0.2) is 6.49 Å². The van der Waals surface area contributed by atoms with E-state index in [9.17, 15) is 0 Å². The average Bonchev–Trinajstić information content (AvgIpc) is 2.22. The fourth-order valence-corrected chi connectivity index (χ4v) is 5.88. The molecule has 0 spiro atoms. The Morgan fingerprint density at radius 3 is 2.19 bits per heavy atom. The Morgan fingerprint density at radius 2 is 1.69 bits per heavy atom. The molecule has 16 heavy (non-hydrogen) atoms. The molecule has 2 atom stereocenters. The summed E-state index contributed by atoms with van der Waals surface area (Å²) >= 11 is 5.60. The third-order valence-electron chi connectivity index (χ3n) is 3.40. The van der Waals surface area contributed by atoms with Gasteiger partial charge in [0.25, 0.3) is 0 Å². The van der Waals surface area contributed by atoms with Crippen LogP contribution in [0.3, 0.4) is 0 Å². The van der Waals surface area contributed by atoms with E-state index in [0.717, 1.165) is 18.0 Å². The van der Waals surface area contributed by atoms with E-state index < -0.39 is 6.49 Å². The molecule has 0 aromatic carbocycles. The lowest BCUT2D eigenvalue weighted by Gasteiger charge is -2.32. The molecule has 1 saturated carbocycles. The molecule has 2 nitrogen and oxygen atoms in total. The van der Waals surface area contributed by atoms with Gasteiger partial charge in [0.1, 0.15) is 0 Å². The molecule has 0 saturated heterocycles. The maximum atomic E-state index is 5.72. The van der Waals surface area contributed by atoms with Crippen molar-refractivity contribution in [2.45, 2.75) is 46.5 Å². The SMILES string of the molecule is CCOP(=S)(CC1CCCCC1C)OCC. The topological polar surface area (TPSA) is 18.5 Å². The first-order chi connectivity index (χ1) is 7.61. The van der Waals surface area contributed by atoms with Crippen molar-refractivity contribution < 1.29 is 9.05 Å². The molecule has 0 bridgehead atoms. The van der Waals surface area contributed by atoms with Crippen molar-refractivity contribution in [2.75, 3.05) is 19.4 Å². The molecule has 2 unspecified atom stereocenters. The van der Waals surface area contributed by atoms with Crippen LogP contribution >= 0.6 is 6.49 Å². The van der Waals surface area contributed by atoms with Gasteiger partial charge in [-0.2, -0.15) is 0 Å². The highest BCUT2D eigenvalue weighted by Gasteiger charge is 2.29. The fourth-order valence-electron chi connectivity index (χ4n) is 2.49. The molecule has 0 amide bonds. The first-order valence-corrected chi connectivity index (χ1v) is 9.31. The van der Waals surface area contributed by atoms with Crippen LogP contribution in [0.2, 0.25) is 0 Å². The van der Waals surface area contributed by atoms with Gasteiger partial charge in [-0.15, -0.1) is 0 Å². The van der Waals surface area contributed by atoms with Crippen LogP contribution in [0.15, 0.2) is 0 Å². The predicted octanol–water partition coefficient (Wildman–Crippen LogP) is 4.20. The van der Waals surface area contributed by atoms with Crippen molar-refractivity contribution in [2.24, 2.45) is 11.8 Å². The molecule has 1 aliphatic carbocycles. The fraction of sp³-hybridized carbons (Fsp3) is 1.00. The van der Waals surface area contributed by atoms with E-state index in [1.54, 1.807) is 0 Å². The van der Waals surface area contributed by atoms with Crippen molar-refractivity contribution in [1.29, 1.82) is 0 Å². The lowest BCUT2D eigenvalue weighted by atomic mass is 9.82. The minimum absolute atomic E-state index is 0.679. The van der Waals surface area contributed by atoms with Crippen molar-refractivity contribution >= 4 is 18.3 Å². The minimum atomic E-state index is -1.99. The normalized spacial score (nSPS) is 26.9. The second-order valence-electron chi connectivity index (χ2n) is 4.65. The number of rotatable bonds is 6. The van der Waals surface area contributed by atoms with Gasteiger partial charge in [-0.3, -0.25) is 0 Å². The van der Waals surface area contributed by atoms with Crippen LogP contribution in [0.5, 0.6) is 0 Å². The molecule has 1 aliphatic rings. The highest BCUT2D eigenvalue weighted by molar-refractivity contribution is 8.09. The lowest BCUT2D eigenvalue weighted by molar-refractivity contribution is 0.236. The lowest BCUT2D eigenvalue weighted by Crippen LogP contribution is -2.21. The van der Waals surface area contributed by atoms with E-state index in [0.29, 0.717) is 13.2 Å². The standard InChI is InChI=1S/C12H25O2PS/c1-4-13-15(16,14-5-2)10-12-9-7-6-8-11(12)3/h11-12H,4-10H2,1-3H3. The maximum Gasteiger partial charge on any atom is 0.188 e. The monoisotopic (exact) mass is 264 g/mol. The third-order valence-corrected chi connectivity index (χ3v) is 6.70. The Kier molecular flexibility index (Phi) is 6.50. The van der Waals surface area contributed by atoms with Crippen molar-refractivity contribution in [3.8, 4) is 0 Å².